The van der Waals surface area contributed by atoms with E-state index in [0.717, 1.165) is 4.90 Å². The van der Waals surface area contributed by atoms with E-state index >= 15 is 0 Å². The number of phenolic OH excluding ortho intramolecular Hbond substituents is 1. The van der Waals surface area contributed by atoms with Gasteiger partial charge in [-0.25, -0.2) is 9.69 Å². The molecule has 3 rings (SSSR count). The summed E-state index contributed by atoms with van der Waals surface area (Å²) in [5, 5.41) is 12.9. The molecule has 0 saturated carbocycles. The number of benzene rings is 2. The van der Waals surface area contributed by atoms with Crippen molar-refractivity contribution in [3.05, 3.63) is 47.0 Å². The Kier molecular flexibility index (Phi) is 4.41. The van der Waals surface area contributed by atoms with Crippen LogP contribution in [-0.2, 0) is 4.79 Å². The summed E-state index contributed by atoms with van der Waals surface area (Å²) in [6.07, 6.45) is 0. The second kappa shape index (κ2) is 6.52. The minimum atomic E-state index is -0.937. The fraction of sp³-hybridized carbons (Fsp3) is 0.176. The van der Waals surface area contributed by atoms with Crippen LogP contribution in [0.3, 0.4) is 0 Å². The molecule has 2 aromatic rings. The predicted molar refractivity (Wildman–Crippen MR) is 91.4 cm³/mol. The Morgan fingerprint density at radius 1 is 1.08 bits per heavy atom. The van der Waals surface area contributed by atoms with E-state index in [2.05, 4.69) is 5.32 Å². The van der Waals surface area contributed by atoms with Gasteiger partial charge in [0.15, 0.2) is 11.5 Å². The molecule has 1 saturated heterocycles. The van der Waals surface area contributed by atoms with Crippen molar-refractivity contribution in [3.63, 3.8) is 0 Å². The third kappa shape index (κ3) is 2.94. The van der Waals surface area contributed by atoms with Gasteiger partial charge in [-0.2, -0.15) is 0 Å². The van der Waals surface area contributed by atoms with Gasteiger partial charge in [0.25, 0.3) is 5.91 Å². The fourth-order valence-corrected chi connectivity index (χ4v) is 2.82. The van der Waals surface area contributed by atoms with Gasteiger partial charge < -0.3 is 19.9 Å². The van der Waals surface area contributed by atoms with Crippen molar-refractivity contribution in [3.8, 4) is 17.2 Å². The molecule has 1 atom stereocenters. The molecule has 8 heteroatoms. The summed E-state index contributed by atoms with van der Waals surface area (Å²) in [6, 6.07) is 7.60. The Balaban J connectivity index is 1.98. The molecule has 1 aliphatic heterocycles. The minimum absolute atomic E-state index is 0.124. The molecule has 0 aromatic heterocycles. The first-order chi connectivity index (χ1) is 12.0. The number of ether oxygens (including phenoxy) is 2. The summed E-state index contributed by atoms with van der Waals surface area (Å²) < 4.78 is 10.2. The SMILES string of the molecule is COc1ccc([C@H]2NC(=O)N(c3cc(Cl)ccc3OC)C2=O)cc1O. The molecular formula is C17H15ClN2O5. The highest BCUT2D eigenvalue weighted by molar-refractivity contribution is 6.31. The first-order valence-electron chi connectivity index (χ1n) is 7.31. The zero-order valence-corrected chi connectivity index (χ0v) is 14.2. The van der Waals surface area contributed by atoms with Crippen molar-refractivity contribution in [1.82, 2.24) is 5.32 Å². The Hall–Kier alpha value is -2.93. The number of carbonyl (C=O) groups is 2. The van der Waals surface area contributed by atoms with Crippen LogP contribution < -0.4 is 19.7 Å². The van der Waals surface area contributed by atoms with Crippen LogP contribution in [0.15, 0.2) is 36.4 Å². The van der Waals surface area contributed by atoms with Crippen LogP contribution in [0.25, 0.3) is 0 Å². The zero-order valence-electron chi connectivity index (χ0n) is 13.4. The first-order valence-corrected chi connectivity index (χ1v) is 7.69. The van der Waals surface area contributed by atoms with Gasteiger partial charge >= 0.3 is 6.03 Å². The lowest BCUT2D eigenvalue weighted by Gasteiger charge is -2.17. The number of aromatic hydroxyl groups is 1. The summed E-state index contributed by atoms with van der Waals surface area (Å²) in [7, 11) is 2.86. The third-order valence-electron chi connectivity index (χ3n) is 3.86. The Morgan fingerprint density at radius 3 is 2.40 bits per heavy atom. The topological polar surface area (TPSA) is 88.1 Å². The van der Waals surface area contributed by atoms with Crippen molar-refractivity contribution in [2.24, 2.45) is 0 Å². The molecule has 2 N–H and O–H groups in total. The van der Waals surface area contributed by atoms with Crippen LogP contribution in [-0.4, -0.2) is 31.3 Å². The first kappa shape index (κ1) is 16.9. The highest BCUT2D eigenvalue weighted by Gasteiger charge is 2.41. The number of hydrogen-bond donors (Lipinski definition) is 2. The molecule has 3 amide bonds. The second-order valence-corrected chi connectivity index (χ2v) is 5.74. The molecule has 130 valence electrons. The molecule has 7 nitrogen and oxygen atoms in total. The Bertz CT molecular complexity index is 855. The molecule has 1 fully saturated rings. The lowest BCUT2D eigenvalue weighted by atomic mass is 10.1. The minimum Gasteiger partial charge on any atom is -0.504 e. The van der Waals surface area contributed by atoms with Gasteiger partial charge in [0, 0.05) is 5.02 Å². The van der Waals surface area contributed by atoms with E-state index in [1.54, 1.807) is 18.2 Å². The van der Waals surface area contributed by atoms with Gasteiger partial charge in [-0.3, -0.25) is 4.79 Å². The summed E-state index contributed by atoms with van der Waals surface area (Å²) in [6.45, 7) is 0. The fourth-order valence-electron chi connectivity index (χ4n) is 2.66. The molecule has 0 bridgehead atoms. The summed E-state index contributed by atoms with van der Waals surface area (Å²) in [5.41, 5.74) is 0.679. The van der Waals surface area contributed by atoms with Crippen LogP contribution in [0.4, 0.5) is 10.5 Å². The molecule has 0 radical (unpaired) electrons. The standard InChI is InChI=1S/C17H15ClN2O5/c1-24-13-6-4-10(18)8-11(13)20-16(22)15(19-17(20)23)9-3-5-14(25-2)12(21)7-9/h3-8,15,21H,1-2H3,(H,19,23)/t15-/m1/s1. The maximum Gasteiger partial charge on any atom is 0.329 e. The normalized spacial score (nSPS) is 16.8. The van der Waals surface area contributed by atoms with Crippen LogP contribution in [0.5, 0.6) is 17.2 Å². The van der Waals surface area contributed by atoms with Gasteiger partial charge in [0.05, 0.1) is 19.9 Å². The number of hydrogen-bond acceptors (Lipinski definition) is 5. The third-order valence-corrected chi connectivity index (χ3v) is 4.09. The number of phenols is 1. The number of imide groups is 1. The van der Waals surface area contributed by atoms with Crippen LogP contribution in [0.1, 0.15) is 11.6 Å². The van der Waals surface area contributed by atoms with Gasteiger partial charge in [0.1, 0.15) is 11.8 Å². The van der Waals surface area contributed by atoms with Gasteiger partial charge in [0.2, 0.25) is 0 Å². The molecule has 0 aliphatic carbocycles. The highest BCUT2D eigenvalue weighted by Crippen LogP contribution is 2.37. The summed E-state index contributed by atoms with van der Waals surface area (Å²) in [5.74, 6) is -0.0176. The monoisotopic (exact) mass is 362 g/mol. The molecule has 0 spiro atoms. The van der Waals surface area contributed by atoms with Crippen molar-refractivity contribution in [2.45, 2.75) is 6.04 Å². The molecule has 25 heavy (non-hydrogen) atoms. The predicted octanol–water partition coefficient (Wildman–Crippen LogP) is 2.86. The molecule has 1 heterocycles. The second-order valence-electron chi connectivity index (χ2n) is 5.30. The van der Waals surface area contributed by atoms with Crippen molar-refractivity contribution < 1.29 is 24.2 Å². The van der Waals surface area contributed by atoms with E-state index in [-0.39, 0.29) is 17.2 Å². The number of nitrogens with zero attached hydrogens (tertiary/aromatic N) is 1. The van der Waals surface area contributed by atoms with Crippen molar-refractivity contribution in [2.75, 3.05) is 19.1 Å². The van der Waals surface area contributed by atoms with Gasteiger partial charge in [-0.1, -0.05) is 17.7 Å². The average molecular weight is 363 g/mol. The number of rotatable bonds is 4. The molecule has 0 unspecified atom stereocenters. The average Bonchev–Trinajstić information content (AvgIpc) is 2.89. The summed E-state index contributed by atoms with van der Waals surface area (Å²) in [4.78, 5) is 26.1. The maximum atomic E-state index is 12.8. The van der Waals surface area contributed by atoms with E-state index < -0.39 is 18.0 Å². The number of anilines is 1. The lowest BCUT2D eigenvalue weighted by molar-refractivity contribution is -0.118. The van der Waals surface area contributed by atoms with E-state index in [1.807, 2.05) is 0 Å². The number of urea groups is 1. The number of carbonyl (C=O) groups excluding carboxylic acids is 2. The molecule has 1 aliphatic rings. The van der Waals surface area contributed by atoms with Crippen LogP contribution in [0, 0.1) is 0 Å². The van der Waals surface area contributed by atoms with Crippen molar-refractivity contribution >= 4 is 29.2 Å². The maximum absolute atomic E-state index is 12.8. The zero-order chi connectivity index (χ0) is 18.1. The van der Waals surface area contributed by atoms with Crippen molar-refractivity contribution in [1.29, 1.82) is 0 Å². The van der Waals surface area contributed by atoms with E-state index in [1.165, 1.54) is 32.4 Å². The number of methoxy groups -OCH3 is 2. The van der Waals surface area contributed by atoms with Crippen LogP contribution >= 0.6 is 11.6 Å². The number of halogens is 1. The number of nitrogens with one attached hydrogen (secondary N) is 1. The lowest BCUT2D eigenvalue weighted by Crippen LogP contribution is -2.31. The van der Waals surface area contributed by atoms with Crippen LogP contribution in [0.2, 0.25) is 5.02 Å². The number of amides is 3. The quantitative estimate of drug-likeness (QED) is 0.816. The summed E-state index contributed by atoms with van der Waals surface area (Å²) >= 11 is 5.98. The highest BCUT2D eigenvalue weighted by atomic mass is 35.5. The smallest absolute Gasteiger partial charge is 0.329 e. The largest absolute Gasteiger partial charge is 0.504 e. The van der Waals surface area contributed by atoms with Gasteiger partial charge in [-0.05, 0) is 35.9 Å². The Morgan fingerprint density at radius 2 is 1.76 bits per heavy atom. The Labute approximate surface area is 148 Å². The van der Waals surface area contributed by atoms with Gasteiger partial charge in [-0.15, -0.1) is 0 Å². The van der Waals surface area contributed by atoms with E-state index in [0.29, 0.717) is 16.3 Å². The van der Waals surface area contributed by atoms with E-state index in [9.17, 15) is 14.7 Å². The van der Waals surface area contributed by atoms with E-state index in [4.69, 9.17) is 21.1 Å². The molecule has 2 aromatic carbocycles. The molecular weight excluding hydrogens is 348 g/mol.